The number of para-hydroxylation sites is 5. The lowest BCUT2D eigenvalue weighted by molar-refractivity contribution is 0.669. The van der Waals surface area contributed by atoms with Gasteiger partial charge < -0.3 is 8.98 Å². The number of furan rings is 1. The lowest BCUT2D eigenvalue weighted by Crippen LogP contribution is -2.06. The fourth-order valence-electron chi connectivity index (χ4n) is 6.83. The number of aromatic nitrogens is 5. The lowest BCUT2D eigenvalue weighted by atomic mass is 10.1. The Kier molecular flexibility index (Phi) is 3.59. The summed E-state index contributed by atoms with van der Waals surface area (Å²) in [5.41, 5.74) is 0.156. The van der Waals surface area contributed by atoms with Crippen LogP contribution in [0.15, 0.2) is 168 Å². The van der Waals surface area contributed by atoms with Crippen LogP contribution in [0.1, 0.15) is 20.6 Å². The van der Waals surface area contributed by atoms with Crippen LogP contribution in [0.25, 0.3) is 100.0 Å². The molecule has 51 heavy (non-hydrogen) atoms. The van der Waals surface area contributed by atoms with Crippen molar-refractivity contribution in [1.82, 2.24) is 24.1 Å². The Morgan fingerprint density at radius 3 is 2.06 bits per heavy atom. The van der Waals surface area contributed by atoms with Gasteiger partial charge >= 0.3 is 0 Å². The molecule has 0 N–H and O–H groups in total. The second-order valence-corrected chi connectivity index (χ2v) is 11.7. The highest BCUT2D eigenvalue weighted by Crippen LogP contribution is 2.42. The van der Waals surface area contributed by atoms with E-state index in [4.69, 9.17) is 33.1 Å². The van der Waals surface area contributed by atoms with Crippen molar-refractivity contribution in [2.75, 3.05) is 0 Å². The van der Waals surface area contributed by atoms with E-state index in [9.17, 15) is 6.85 Å². The third-order valence-corrected chi connectivity index (χ3v) is 8.96. The Bertz CT molecular complexity index is 3990. The number of benzene rings is 7. The molecule has 0 saturated carbocycles. The molecule has 0 radical (unpaired) electrons. The first-order valence-electron chi connectivity index (χ1n) is 23.3. The van der Waals surface area contributed by atoms with Crippen LogP contribution in [0.4, 0.5) is 0 Å². The van der Waals surface area contributed by atoms with Crippen molar-refractivity contribution in [3.8, 4) is 34.4 Å². The van der Waals surface area contributed by atoms with Gasteiger partial charge in [0, 0.05) is 43.6 Å². The summed E-state index contributed by atoms with van der Waals surface area (Å²) in [6.45, 7) is 0. The van der Waals surface area contributed by atoms with Crippen molar-refractivity contribution in [2.45, 2.75) is 0 Å². The molecule has 0 aliphatic carbocycles. The van der Waals surface area contributed by atoms with Crippen LogP contribution in [0, 0.1) is 0 Å². The standard InChI is InChI=1S/C45H27N5O/c1-3-14-28(15-4-1)43-46-44(35-22-13-21-33-31-19-9-12-25-39(31)51-42(33)35)48-45(47-43)50-37-24-11-8-20-34(37)40-38(50)27-26-32-30-18-7-10-23-36(30)49(41(32)40)29-16-5-2-6-17-29/h1-27H/i2D,5D,6D,7D,8D,10D,11D,16D,17D,18D,20D,23D,24D,26D,27D. The Hall–Kier alpha value is -7.05. The topological polar surface area (TPSA) is 61.7 Å². The summed E-state index contributed by atoms with van der Waals surface area (Å²) >= 11 is 0. The van der Waals surface area contributed by atoms with Gasteiger partial charge in [0.1, 0.15) is 11.2 Å². The van der Waals surface area contributed by atoms with Gasteiger partial charge in [0.25, 0.3) is 0 Å². The van der Waals surface area contributed by atoms with E-state index in [1.54, 1.807) is 42.5 Å². The second kappa shape index (κ2) is 10.7. The van der Waals surface area contributed by atoms with E-state index in [1.807, 2.05) is 30.3 Å². The molecule has 6 nitrogen and oxygen atoms in total. The van der Waals surface area contributed by atoms with E-state index < -0.39 is 102 Å². The van der Waals surface area contributed by atoms with E-state index in [-0.39, 0.29) is 55.7 Å². The normalized spacial score (nSPS) is 16.0. The maximum Gasteiger partial charge on any atom is 0.238 e. The van der Waals surface area contributed by atoms with Gasteiger partial charge in [-0.3, -0.25) is 4.57 Å². The summed E-state index contributed by atoms with van der Waals surface area (Å²) < 4.78 is 144. The smallest absolute Gasteiger partial charge is 0.238 e. The number of hydrogen-bond donors (Lipinski definition) is 0. The minimum absolute atomic E-state index is 0.0648. The van der Waals surface area contributed by atoms with Gasteiger partial charge in [-0.05, 0) is 42.3 Å². The zero-order chi connectivity index (χ0) is 46.5. The molecule has 0 aliphatic rings. The molecule has 0 bridgehead atoms. The predicted molar refractivity (Wildman–Crippen MR) is 207 cm³/mol. The van der Waals surface area contributed by atoms with E-state index >= 15 is 0 Å². The van der Waals surface area contributed by atoms with Gasteiger partial charge in [0.15, 0.2) is 11.6 Å². The molecule has 0 saturated heterocycles. The van der Waals surface area contributed by atoms with Crippen LogP contribution in [0.3, 0.4) is 0 Å². The molecule has 0 fully saturated rings. The molecular weight excluding hydrogens is 627 g/mol. The van der Waals surface area contributed by atoms with Gasteiger partial charge in [-0.2, -0.15) is 9.97 Å². The molecule has 238 valence electrons. The molecule has 7 aromatic carbocycles. The first kappa shape index (κ1) is 17.1. The van der Waals surface area contributed by atoms with Crippen LogP contribution in [-0.4, -0.2) is 24.1 Å². The molecular formula is C45H27N5O. The molecule has 0 atom stereocenters. The fraction of sp³-hybridized carbons (Fsp3) is 0. The summed E-state index contributed by atoms with van der Waals surface area (Å²) in [4.78, 5) is 14.7. The van der Waals surface area contributed by atoms with Crippen LogP contribution in [0.5, 0.6) is 0 Å². The average Bonchev–Trinajstić information content (AvgIpc) is 4.01. The van der Waals surface area contributed by atoms with Crippen molar-refractivity contribution in [3.05, 3.63) is 163 Å². The number of hydrogen-bond acceptors (Lipinski definition) is 4. The van der Waals surface area contributed by atoms with Crippen LogP contribution >= 0.6 is 0 Å². The molecule has 0 unspecified atom stereocenters. The Balaban J connectivity index is 1.41. The average molecular weight is 669 g/mol. The molecule has 4 heterocycles. The summed E-state index contributed by atoms with van der Waals surface area (Å²) in [6.07, 6.45) is 0. The van der Waals surface area contributed by atoms with Gasteiger partial charge in [-0.1, -0.05) is 121 Å². The minimum Gasteiger partial charge on any atom is -0.455 e. The van der Waals surface area contributed by atoms with Crippen molar-refractivity contribution >= 4 is 65.6 Å². The molecule has 11 aromatic rings. The van der Waals surface area contributed by atoms with Gasteiger partial charge in [0.05, 0.1) is 48.2 Å². The van der Waals surface area contributed by atoms with Crippen LogP contribution in [-0.2, 0) is 0 Å². The second-order valence-electron chi connectivity index (χ2n) is 11.7. The predicted octanol–water partition coefficient (Wildman–Crippen LogP) is 11.3. The monoisotopic (exact) mass is 668 g/mol. The van der Waals surface area contributed by atoms with Crippen molar-refractivity contribution < 1.29 is 25.0 Å². The SMILES string of the molecule is [2H]c1c([2H])c([2H])c(-n2c3c([2H])c([2H])c([2H])c([2H])c3c3c([2H])c([2H])c4c(c5c([2H])c([2H])c([2H])c([2H])c5n4-c4nc(-c5ccccc5)nc(-c5cccc6c5oc5ccccc56)n4)c32)c([2H])c1[2H]. The van der Waals surface area contributed by atoms with E-state index in [1.165, 1.54) is 4.57 Å². The third-order valence-electron chi connectivity index (χ3n) is 8.96. The van der Waals surface area contributed by atoms with Gasteiger partial charge in [-0.25, -0.2) is 4.98 Å². The first-order chi connectivity index (χ1) is 31.5. The van der Waals surface area contributed by atoms with Crippen molar-refractivity contribution in [3.63, 3.8) is 0 Å². The van der Waals surface area contributed by atoms with E-state index in [0.29, 0.717) is 22.3 Å². The van der Waals surface area contributed by atoms with Crippen molar-refractivity contribution in [2.24, 2.45) is 0 Å². The highest BCUT2D eigenvalue weighted by molar-refractivity contribution is 6.26. The molecule has 4 aromatic heterocycles. The number of nitrogens with zero attached hydrogens (tertiary/aromatic N) is 5. The van der Waals surface area contributed by atoms with Gasteiger partial charge in [0.2, 0.25) is 5.95 Å². The van der Waals surface area contributed by atoms with Crippen molar-refractivity contribution in [1.29, 1.82) is 0 Å². The highest BCUT2D eigenvalue weighted by Gasteiger charge is 2.23. The van der Waals surface area contributed by atoms with Gasteiger partial charge in [-0.15, -0.1) is 0 Å². The van der Waals surface area contributed by atoms with E-state index in [2.05, 4.69) is 0 Å². The molecule has 6 heteroatoms. The zero-order valence-electron chi connectivity index (χ0n) is 41.1. The van der Waals surface area contributed by atoms with Crippen LogP contribution < -0.4 is 0 Å². The minimum atomic E-state index is -0.781. The maximum absolute atomic E-state index is 9.77. The quantitative estimate of drug-likeness (QED) is 0.187. The largest absolute Gasteiger partial charge is 0.455 e. The zero-order valence-corrected chi connectivity index (χ0v) is 26.1. The lowest BCUT2D eigenvalue weighted by Gasteiger charge is -2.11. The Labute approximate surface area is 312 Å². The first-order valence-corrected chi connectivity index (χ1v) is 15.8. The summed E-state index contributed by atoms with van der Waals surface area (Å²) in [6, 6.07) is 11.2. The van der Waals surface area contributed by atoms with Crippen LogP contribution in [0.2, 0.25) is 0 Å². The Morgan fingerprint density at radius 2 is 1.20 bits per heavy atom. The maximum atomic E-state index is 9.77. The summed E-state index contributed by atoms with van der Waals surface area (Å²) in [7, 11) is 0. The number of rotatable bonds is 4. The molecule has 0 amide bonds. The summed E-state index contributed by atoms with van der Waals surface area (Å²) in [5, 5.41) is 0.483. The molecule has 11 rings (SSSR count). The fourth-order valence-corrected chi connectivity index (χ4v) is 6.83. The highest BCUT2D eigenvalue weighted by atomic mass is 16.3. The summed E-state index contributed by atoms with van der Waals surface area (Å²) in [5.74, 6) is -0.0935. The Morgan fingerprint density at radius 1 is 0.490 bits per heavy atom. The molecule has 0 aliphatic heterocycles. The molecule has 0 spiro atoms. The third kappa shape index (κ3) is 4.07. The van der Waals surface area contributed by atoms with E-state index in [0.717, 1.165) is 15.3 Å². The number of fused-ring (bicyclic) bond motifs is 10.